The molecule has 0 atom stereocenters. The minimum atomic E-state index is 0.361. The van der Waals surface area contributed by atoms with Crippen LogP contribution in [0.25, 0.3) is 0 Å². The SMILES string of the molecule is CCNC(=NCc1ccc(N2CCOCC2)cc1)NCc1cc(C(C)C)no1. The van der Waals surface area contributed by atoms with E-state index in [-0.39, 0.29) is 0 Å². The maximum Gasteiger partial charge on any atom is 0.191 e. The van der Waals surface area contributed by atoms with Crippen molar-refractivity contribution in [1.29, 1.82) is 0 Å². The quantitative estimate of drug-likeness (QED) is 0.564. The first-order valence-electron chi connectivity index (χ1n) is 10.0. The van der Waals surface area contributed by atoms with Crippen molar-refractivity contribution < 1.29 is 9.26 Å². The first kappa shape index (κ1) is 20.2. The second-order valence-corrected chi connectivity index (χ2v) is 7.19. The summed E-state index contributed by atoms with van der Waals surface area (Å²) >= 11 is 0. The number of anilines is 1. The second-order valence-electron chi connectivity index (χ2n) is 7.19. The normalized spacial score (nSPS) is 15.1. The molecule has 1 aliphatic heterocycles. The molecule has 0 radical (unpaired) electrons. The highest BCUT2D eigenvalue weighted by Crippen LogP contribution is 2.17. The van der Waals surface area contributed by atoms with Gasteiger partial charge in [0.2, 0.25) is 0 Å². The predicted octanol–water partition coefficient (Wildman–Crippen LogP) is 2.89. The Bertz CT molecular complexity index is 748. The molecule has 1 aromatic carbocycles. The zero-order chi connectivity index (χ0) is 19.8. The number of nitrogens with zero attached hydrogens (tertiary/aromatic N) is 3. The predicted molar refractivity (Wildman–Crippen MR) is 112 cm³/mol. The number of nitrogens with one attached hydrogen (secondary N) is 2. The van der Waals surface area contributed by atoms with Gasteiger partial charge in [-0.05, 0) is 30.5 Å². The van der Waals surface area contributed by atoms with E-state index in [0.29, 0.717) is 19.0 Å². The summed E-state index contributed by atoms with van der Waals surface area (Å²) in [6.45, 7) is 11.7. The van der Waals surface area contributed by atoms with Crippen molar-refractivity contribution in [2.24, 2.45) is 4.99 Å². The van der Waals surface area contributed by atoms with E-state index in [1.807, 2.05) is 6.07 Å². The molecule has 1 saturated heterocycles. The summed E-state index contributed by atoms with van der Waals surface area (Å²) in [4.78, 5) is 7.03. The molecule has 2 heterocycles. The highest BCUT2D eigenvalue weighted by molar-refractivity contribution is 5.79. The van der Waals surface area contributed by atoms with Gasteiger partial charge in [0.25, 0.3) is 0 Å². The third-order valence-electron chi connectivity index (χ3n) is 4.68. The highest BCUT2D eigenvalue weighted by Gasteiger charge is 2.11. The van der Waals surface area contributed by atoms with E-state index in [1.54, 1.807) is 0 Å². The van der Waals surface area contributed by atoms with Crippen LogP contribution in [0.5, 0.6) is 0 Å². The van der Waals surface area contributed by atoms with E-state index in [9.17, 15) is 0 Å². The Hall–Kier alpha value is -2.54. The molecule has 2 aromatic rings. The van der Waals surface area contributed by atoms with Crippen molar-refractivity contribution in [2.75, 3.05) is 37.7 Å². The molecule has 7 nitrogen and oxygen atoms in total. The van der Waals surface area contributed by atoms with Crippen LogP contribution in [-0.4, -0.2) is 44.0 Å². The first-order valence-corrected chi connectivity index (χ1v) is 10.0. The minimum Gasteiger partial charge on any atom is -0.378 e. The van der Waals surface area contributed by atoms with E-state index in [4.69, 9.17) is 9.26 Å². The fourth-order valence-electron chi connectivity index (χ4n) is 3.00. The van der Waals surface area contributed by atoms with E-state index in [0.717, 1.165) is 50.3 Å². The molecular weight excluding hydrogens is 354 g/mol. The summed E-state index contributed by atoms with van der Waals surface area (Å²) in [5.41, 5.74) is 3.39. The molecule has 2 N–H and O–H groups in total. The van der Waals surface area contributed by atoms with Crippen molar-refractivity contribution in [3.63, 3.8) is 0 Å². The summed E-state index contributed by atoms with van der Waals surface area (Å²) in [6.07, 6.45) is 0. The lowest BCUT2D eigenvalue weighted by Crippen LogP contribution is -2.36. The van der Waals surface area contributed by atoms with Gasteiger partial charge in [-0.15, -0.1) is 0 Å². The molecule has 0 spiro atoms. The topological polar surface area (TPSA) is 74.9 Å². The van der Waals surface area contributed by atoms with Crippen molar-refractivity contribution in [3.05, 3.63) is 47.3 Å². The van der Waals surface area contributed by atoms with Crippen molar-refractivity contribution >= 4 is 11.6 Å². The monoisotopic (exact) mass is 385 g/mol. The van der Waals surface area contributed by atoms with Crippen LogP contribution in [0, 0.1) is 0 Å². The standard InChI is InChI=1S/C21H31N5O2/c1-4-22-21(24-15-19-13-20(16(2)3)25-28-19)23-14-17-5-7-18(8-6-17)26-9-11-27-12-10-26/h5-8,13,16H,4,9-12,14-15H2,1-3H3,(H2,22,23,24). The van der Waals surface area contributed by atoms with Gasteiger partial charge in [-0.1, -0.05) is 31.1 Å². The third kappa shape index (κ3) is 5.73. The number of guanidine groups is 1. The van der Waals surface area contributed by atoms with Crippen LogP contribution in [0.1, 0.15) is 43.7 Å². The average Bonchev–Trinajstić information content (AvgIpc) is 3.21. The number of rotatable bonds is 7. The molecule has 152 valence electrons. The molecular formula is C21H31N5O2. The molecule has 0 saturated carbocycles. The lowest BCUT2D eigenvalue weighted by Gasteiger charge is -2.28. The molecule has 0 unspecified atom stereocenters. The minimum absolute atomic E-state index is 0.361. The molecule has 28 heavy (non-hydrogen) atoms. The van der Waals surface area contributed by atoms with Crippen molar-refractivity contribution in [1.82, 2.24) is 15.8 Å². The van der Waals surface area contributed by atoms with Crippen molar-refractivity contribution in [3.8, 4) is 0 Å². The number of ether oxygens (including phenoxy) is 1. The number of hydrogen-bond acceptors (Lipinski definition) is 5. The van der Waals surface area contributed by atoms with Crippen LogP contribution in [-0.2, 0) is 17.8 Å². The Morgan fingerprint density at radius 3 is 2.57 bits per heavy atom. The maximum absolute atomic E-state index is 5.42. The zero-order valence-corrected chi connectivity index (χ0v) is 17.1. The summed E-state index contributed by atoms with van der Waals surface area (Å²) in [5.74, 6) is 1.94. The van der Waals surface area contributed by atoms with Crippen LogP contribution in [0.2, 0.25) is 0 Å². The second kappa shape index (κ2) is 10.1. The van der Waals surface area contributed by atoms with Crippen LogP contribution >= 0.6 is 0 Å². The first-order chi connectivity index (χ1) is 13.7. The number of hydrogen-bond donors (Lipinski definition) is 2. The number of morpholine rings is 1. The Kier molecular flexibility index (Phi) is 7.31. The summed E-state index contributed by atoms with van der Waals surface area (Å²) in [7, 11) is 0. The van der Waals surface area contributed by atoms with Gasteiger partial charge in [0.05, 0.1) is 32.0 Å². The van der Waals surface area contributed by atoms with Gasteiger partial charge in [0.1, 0.15) is 0 Å². The van der Waals surface area contributed by atoms with Gasteiger partial charge in [0.15, 0.2) is 11.7 Å². The zero-order valence-electron chi connectivity index (χ0n) is 17.1. The van der Waals surface area contributed by atoms with Crippen molar-refractivity contribution in [2.45, 2.75) is 39.8 Å². The Morgan fingerprint density at radius 1 is 1.18 bits per heavy atom. The molecule has 3 rings (SSSR count). The van der Waals surface area contributed by atoms with E-state index < -0.39 is 0 Å². The molecule has 1 aromatic heterocycles. The van der Waals surface area contributed by atoms with Crippen LogP contribution in [0.3, 0.4) is 0 Å². The lowest BCUT2D eigenvalue weighted by atomic mass is 10.1. The Labute approximate surface area is 167 Å². The van der Waals surface area contributed by atoms with Gasteiger partial charge in [0, 0.05) is 31.4 Å². The summed E-state index contributed by atoms with van der Waals surface area (Å²) in [6, 6.07) is 10.6. The van der Waals surface area contributed by atoms with Gasteiger partial charge in [-0.3, -0.25) is 0 Å². The largest absolute Gasteiger partial charge is 0.378 e. The van der Waals surface area contributed by atoms with Crippen LogP contribution in [0.4, 0.5) is 5.69 Å². The summed E-state index contributed by atoms with van der Waals surface area (Å²) < 4.78 is 10.8. The van der Waals surface area contributed by atoms with E-state index >= 15 is 0 Å². The fraction of sp³-hybridized carbons (Fsp3) is 0.524. The maximum atomic E-state index is 5.42. The fourth-order valence-corrected chi connectivity index (χ4v) is 3.00. The number of aromatic nitrogens is 1. The highest BCUT2D eigenvalue weighted by atomic mass is 16.5. The van der Waals surface area contributed by atoms with E-state index in [1.165, 1.54) is 11.3 Å². The molecule has 0 bridgehead atoms. The average molecular weight is 386 g/mol. The Morgan fingerprint density at radius 2 is 1.93 bits per heavy atom. The molecule has 1 aliphatic rings. The number of benzene rings is 1. The smallest absolute Gasteiger partial charge is 0.191 e. The molecule has 0 aliphatic carbocycles. The van der Waals surface area contributed by atoms with Gasteiger partial charge in [-0.2, -0.15) is 0 Å². The molecule has 1 fully saturated rings. The summed E-state index contributed by atoms with van der Waals surface area (Å²) in [5, 5.41) is 10.7. The van der Waals surface area contributed by atoms with Gasteiger partial charge >= 0.3 is 0 Å². The molecule has 7 heteroatoms. The number of aliphatic imine (C=N–C) groups is 1. The molecule has 0 amide bonds. The van der Waals surface area contributed by atoms with E-state index in [2.05, 4.69) is 70.7 Å². The van der Waals surface area contributed by atoms with Gasteiger partial charge < -0.3 is 24.8 Å². The Balaban J connectivity index is 1.55. The van der Waals surface area contributed by atoms with Gasteiger partial charge in [-0.25, -0.2) is 4.99 Å². The third-order valence-corrected chi connectivity index (χ3v) is 4.68. The van der Waals surface area contributed by atoms with Crippen LogP contribution in [0.15, 0.2) is 39.8 Å². The lowest BCUT2D eigenvalue weighted by molar-refractivity contribution is 0.122. The van der Waals surface area contributed by atoms with Crippen LogP contribution < -0.4 is 15.5 Å².